The second-order valence-electron chi connectivity index (χ2n) is 4.41. The molecule has 102 valence electrons. The zero-order valence-electron chi connectivity index (χ0n) is 11.3. The molecule has 0 aliphatic heterocycles. The lowest BCUT2D eigenvalue weighted by Crippen LogP contribution is -2.33. The molecule has 0 amide bonds. The first kappa shape index (κ1) is 15.5. The van der Waals surface area contributed by atoms with Crippen LogP contribution in [0, 0.1) is 0 Å². The van der Waals surface area contributed by atoms with Crippen LogP contribution in [0.25, 0.3) is 0 Å². The molecule has 18 heavy (non-hydrogen) atoms. The predicted molar refractivity (Wildman–Crippen MR) is 78.0 cm³/mol. The maximum Gasteiger partial charge on any atom is 0.175 e. The quantitative estimate of drug-likeness (QED) is 0.817. The van der Waals surface area contributed by atoms with Gasteiger partial charge in [0.25, 0.3) is 0 Å². The zero-order chi connectivity index (χ0) is 13.8. The van der Waals surface area contributed by atoms with Gasteiger partial charge in [-0.05, 0) is 37.7 Å². The summed E-state index contributed by atoms with van der Waals surface area (Å²) in [5.41, 5.74) is 0. The van der Waals surface area contributed by atoms with Crippen molar-refractivity contribution in [1.29, 1.82) is 0 Å². The van der Waals surface area contributed by atoms with Crippen LogP contribution in [0.15, 0.2) is 34.1 Å². The Balaban J connectivity index is 2.70. The van der Waals surface area contributed by atoms with Gasteiger partial charge in [0.15, 0.2) is 9.84 Å². The Labute approximate surface area is 114 Å². The number of hydrogen-bond acceptors (Lipinski definition) is 4. The highest BCUT2D eigenvalue weighted by atomic mass is 32.2. The normalized spacial score (nSPS) is 15.3. The molecule has 1 aromatic carbocycles. The summed E-state index contributed by atoms with van der Waals surface area (Å²) < 4.78 is 22.7. The molecule has 0 aliphatic rings. The highest BCUT2D eigenvalue weighted by molar-refractivity contribution is 8.00. The van der Waals surface area contributed by atoms with Crippen LogP contribution >= 0.6 is 11.8 Å². The molecule has 1 rings (SSSR count). The van der Waals surface area contributed by atoms with Crippen LogP contribution in [0.1, 0.15) is 20.8 Å². The van der Waals surface area contributed by atoms with E-state index in [4.69, 9.17) is 0 Å². The van der Waals surface area contributed by atoms with Crippen molar-refractivity contribution in [3.63, 3.8) is 0 Å². The van der Waals surface area contributed by atoms with Gasteiger partial charge in [-0.3, -0.25) is 0 Å². The van der Waals surface area contributed by atoms with Crippen LogP contribution < -0.4 is 5.32 Å². The van der Waals surface area contributed by atoms with Gasteiger partial charge in [-0.25, -0.2) is 8.42 Å². The van der Waals surface area contributed by atoms with E-state index < -0.39 is 9.84 Å². The smallest absolute Gasteiger partial charge is 0.175 e. The summed E-state index contributed by atoms with van der Waals surface area (Å²) in [6.45, 7) is 7.38. The van der Waals surface area contributed by atoms with Crippen LogP contribution in [0.3, 0.4) is 0 Å². The van der Waals surface area contributed by atoms with Crippen molar-refractivity contribution in [2.75, 3.05) is 12.8 Å². The SMILES string of the molecule is CCNC(C)C(C)Sc1ccc(S(C)(=O)=O)cc1. The van der Waals surface area contributed by atoms with E-state index in [-0.39, 0.29) is 0 Å². The van der Waals surface area contributed by atoms with E-state index in [1.165, 1.54) is 6.26 Å². The van der Waals surface area contributed by atoms with E-state index in [1.54, 1.807) is 23.9 Å². The van der Waals surface area contributed by atoms with Gasteiger partial charge < -0.3 is 5.32 Å². The Bertz CT molecular complexity index is 468. The van der Waals surface area contributed by atoms with Gasteiger partial charge in [0.2, 0.25) is 0 Å². The number of nitrogens with one attached hydrogen (secondary N) is 1. The summed E-state index contributed by atoms with van der Waals surface area (Å²) >= 11 is 1.75. The topological polar surface area (TPSA) is 46.2 Å². The standard InChI is InChI=1S/C13H21NO2S2/c1-5-14-10(2)11(3)17-12-6-8-13(9-7-12)18(4,15)16/h6-11,14H,5H2,1-4H3. The third-order valence-corrected chi connectivity index (χ3v) is 5.26. The molecule has 0 radical (unpaired) electrons. The van der Waals surface area contributed by atoms with Crippen molar-refractivity contribution in [2.24, 2.45) is 0 Å². The number of hydrogen-bond donors (Lipinski definition) is 1. The van der Waals surface area contributed by atoms with E-state index in [9.17, 15) is 8.42 Å². The average Bonchev–Trinajstić information content (AvgIpc) is 2.28. The Morgan fingerprint density at radius 1 is 1.22 bits per heavy atom. The molecule has 0 aromatic heterocycles. The van der Waals surface area contributed by atoms with E-state index in [1.807, 2.05) is 12.1 Å². The first-order valence-electron chi connectivity index (χ1n) is 6.04. The third kappa shape index (κ3) is 4.63. The van der Waals surface area contributed by atoms with Crippen LogP contribution in [-0.4, -0.2) is 32.5 Å². The van der Waals surface area contributed by atoms with Crippen molar-refractivity contribution < 1.29 is 8.42 Å². The molecular formula is C13H21NO2S2. The molecule has 0 saturated carbocycles. The summed E-state index contributed by atoms with van der Waals surface area (Å²) in [7, 11) is -3.09. The number of rotatable bonds is 6. The van der Waals surface area contributed by atoms with Crippen LogP contribution in [-0.2, 0) is 9.84 Å². The molecule has 0 bridgehead atoms. The first-order valence-corrected chi connectivity index (χ1v) is 8.82. The number of thioether (sulfide) groups is 1. The molecule has 2 unspecified atom stereocenters. The second kappa shape index (κ2) is 6.59. The Morgan fingerprint density at radius 3 is 2.22 bits per heavy atom. The molecular weight excluding hydrogens is 266 g/mol. The fourth-order valence-electron chi connectivity index (χ4n) is 1.57. The van der Waals surface area contributed by atoms with Crippen LogP contribution in [0.2, 0.25) is 0 Å². The summed E-state index contributed by atoms with van der Waals surface area (Å²) in [4.78, 5) is 1.47. The van der Waals surface area contributed by atoms with E-state index in [2.05, 4.69) is 26.1 Å². The Kier molecular flexibility index (Phi) is 5.69. The Hall–Kier alpha value is -0.520. The fraction of sp³-hybridized carbons (Fsp3) is 0.538. The number of sulfone groups is 1. The minimum atomic E-state index is -3.09. The molecule has 3 nitrogen and oxygen atoms in total. The highest BCUT2D eigenvalue weighted by Gasteiger charge is 2.13. The second-order valence-corrected chi connectivity index (χ2v) is 7.88. The maximum atomic E-state index is 11.3. The van der Waals surface area contributed by atoms with Crippen molar-refractivity contribution in [2.45, 2.75) is 41.9 Å². The summed E-state index contributed by atoms with van der Waals surface area (Å²) in [6, 6.07) is 7.51. The molecule has 5 heteroatoms. The fourth-order valence-corrected chi connectivity index (χ4v) is 3.22. The molecule has 2 atom stereocenters. The van der Waals surface area contributed by atoms with Gasteiger partial charge >= 0.3 is 0 Å². The van der Waals surface area contributed by atoms with Gasteiger partial charge in [-0.2, -0.15) is 0 Å². The lowest BCUT2D eigenvalue weighted by Gasteiger charge is -2.20. The summed E-state index contributed by atoms with van der Waals surface area (Å²) in [5.74, 6) is 0. The van der Waals surface area contributed by atoms with Crippen LogP contribution in [0.4, 0.5) is 0 Å². The van der Waals surface area contributed by atoms with E-state index in [0.29, 0.717) is 16.2 Å². The molecule has 0 spiro atoms. The monoisotopic (exact) mass is 287 g/mol. The van der Waals surface area contributed by atoms with Gasteiger partial charge in [0.1, 0.15) is 0 Å². The van der Waals surface area contributed by atoms with E-state index >= 15 is 0 Å². The molecule has 0 saturated heterocycles. The lowest BCUT2D eigenvalue weighted by molar-refractivity contribution is 0.563. The molecule has 1 aromatic rings. The summed E-state index contributed by atoms with van der Waals surface area (Å²) in [6.07, 6.45) is 1.23. The van der Waals surface area contributed by atoms with Gasteiger partial charge in [0.05, 0.1) is 4.90 Å². The van der Waals surface area contributed by atoms with Gasteiger partial charge in [-0.1, -0.05) is 13.8 Å². The zero-order valence-corrected chi connectivity index (χ0v) is 12.9. The first-order chi connectivity index (χ1) is 8.34. The molecule has 1 N–H and O–H groups in total. The largest absolute Gasteiger partial charge is 0.313 e. The van der Waals surface area contributed by atoms with Crippen molar-refractivity contribution in [1.82, 2.24) is 5.32 Å². The lowest BCUT2D eigenvalue weighted by atomic mass is 10.2. The molecule has 0 aliphatic carbocycles. The molecule has 0 heterocycles. The highest BCUT2D eigenvalue weighted by Crippen LogP contribution is 2.26. The van der Waals surface area contributed by atoms with Crippen molar-refractivity contribution in [3.8, 4) is 0 Å². The maximum absolute atomic E-state index is 11.3. The average molecular weight is 287 g/mol. The molecule has 0 fully saturated rings. The number of benzene rings is 1. The minimum Gasteiger partial charge on any atom is -0.313 e. The predicted octanol–water partition coefficient (Wildman–Crippen LogP) is 2.57. The van der Waals surface area contributed by atoms with E-state index in [0.717, 1.165) is 11.4 Å². The van der Waals surface area contributed by atoms with Gasteiger partial charge in [-0.15, -0.1) is 11.8 Å². The van der Waals surface area contributed by atoms with Gasteiger partial charge in [0, 0.05) is 22.4 Å². The van der Waals surface area contributed by atoms with Crippen LogP contribution in [0.5, 0.6) is 0 Å². The third-order valence-electron chi connectivity index (χ3n) is 2.80. The van der Waals surface area contributed by atoms with Crippen molar-refractivity contribution in [3.05, 3.63) is 24.3 Å². The Morgan fingerprint density at radius 2 is 1.78 bits per heavy atom. The van der Waals surface area contributed by atoms with Crippen molar-refractivity contribution >= 4 is 21.6 Å². The summed E-state index contributed by atoms with van der Waals surface area (Å²) in [5, 5.41) is 3.82. The minimum absolute atomic E-state index is 0.374.